The van der Waals surface area contributed by atoms with Crippen LogP contribution in [0.25, 0.3) is 0 Å². The first kappa shape index (κ1) is 12.5. The summed E-state index contributed by atoms with van der Waals surface area (Å²) in [6.45, 7) is 10.4. The minimum Gasteiger partial charge on any atom is -0.470 e. The molecule has 0 amide bonds. The maximum atomic E-state index is 6.65. The predicted molar refractivity (Wildman–Crippen MR) is 81.7 cm³/mol. The summed E-state index contributed by atoms with van der Waals surface area (Å²) in [7, 11) is 0. The molecule has 0 N–H and O–H groups in total. The monoisotopic (exact) mass is 284 g/mol. The quantitative estimate of drug-likeness (QED) is 0.732. The van der Waals surface area contributed by atoms with Crippen LogP contribution in [0.15, 0.2) is 0 Å². The highest BCUT2D eigenvalue weighted by Crippen LogP contribution is 2.56. The van der Waals surface area contributed by atoms with Crippen LogP contribution >= 0.6 is 0 Å². The van der Waals surface area contributed by atoms with Gasteiger partial charge < -0.3 is 9.64 Å². The SMILES string of the molecule is Cc1nc2c(c(C)c1C)CC1(O2)C2CC3CC1CN(C3)C2. The average molecular weight is 284 g/mol. The van der Waals surface area contributed by atoms with E-state index in [0.717, 1.165) is 35.7 Å². The first-order valence-corrected chi connectivity index (χ1v) is 8.45. The topological polar surface area (TPSA) is 25.4 Å². The van der Waals surface area contributed by atoms with Crippen LogP contribution in [0.3, 0.4) is 0 Å². The zero-order valence-electron chi connectivity index (χ0n) is 13.3. The molecular weight excluding hydrogens is 260 g/mol. The molecule has 1 saturated carbocycles. The Kier molecular flexibility index (Phi) is 2.26. The van der Waals surface area contributed by atoms with Crippen molar-refractivity contribution in [2.45, 2.75) is 45.6 Å². The molecule has 1 aromatic heterocycles. The molecule has 3 heteroatoms. The fraction of sp³-hybridized carbons (Fsp3) is 0.722. The van der Waals surface area contributed by atoms with Crippen molar-refractivity contribution in [2.24, 2.45) is 17.8 Å². The van der Waals surface area contributed by atoms with Crippen molar-refractivity contribution >= 4 is 0 Å². The Hall–Kier alpha value is -1.09. The second kappa shape index (κ2) is 3.81. The number of pyridine rings is 1. The van der Waals surface area contributed by atoms with E-state index in [0.29, 0.717) is 0 Å². The van der Waals surface area contributed by atoms with Gasteiger partial charge in [0, 0.05) is 49.1 Å². The summed E-state index contributed by atoms with van der Waals surface area (Å²) in [6.07, 6.45) is 3.86. The number of fused-ring (bicyclic) bond motifs is 1. The Morgan fingerprint density at radius 3 is 2.43 bits per heavy atom. The third-order valence-corrected chi connectivity index (χ3v) is 6.92. The summed E-state index contributed by atoms with van der Waals surface area (Å²) >= 11 is 0. The van der Waals surface area contributed by atoms with Crippen LogP contribution in [0.1, 0.15) is 35.2 Å². The molecular formula is C18H24N2O. The molecule has 21 heavy (non-hydrogen) atoms. The molecule has 0 radical (unpaired) electrons. The van der Waals surface area contributed by atoms with Crippen molar-refractivity contribution in [1.82, 2.24) is 9.88 Å². The summed E-state index contributed by atoms with van der Waals surface area (Å²) in [5, 5.41) is 0. The number of nitrogens with zero attached hydrogens (tertiary/aromatic N) is 2. The van der Waals surface area contributed by atoms with E-state index >= 15 is 0 Å². The number of ether oxygens (including phenoxy) is 1. The molecule has 3 saturated heterocycles. The Labute approximate surface area is 126 Å². The molecule has 2 unspecified atom stereocenters. The lowest BCUT2D eigenvalue weighted by molar-refractivity contribution is -0.159. The van der Waals surface area contributed by atoms with Gasteiger partial charge in [-0.25, -0.2) is 4.98 Å². The number of hydrogen-bond donors (Lipinski definition) is 0. The summed E-state index contributed by atoms with van der Waals surface area (Å²) in [4.78, 5) is 7.47. The van der Waals surface area contributed by atoms with Crippen LogP contribution in [0, 0.1) is 38.5 Å². The summed E-state index contributed by atoms with van der Waals surface area (Å²) in [5.41, 5.74) is 5.38. The van der Waals surface area contributed by atoms with Gasteiger partial charge >= 0.3 is 0 Å². The average Bonchev–Trinajstić information content (AvgIpc) is 2.82. The van der Waals surface area contributed by atoms with Crippen LogP contribution in [0.2, 0.25) is 0 Å². The van der Waals surface area contributed by atoms with Gasteiger partial charge in [-0.2, -0.15) is 0 Å². The Bertz CT molecular complexity index is 609. The fourth-order valence-electron chi connectivity index (χ4n) is 5.65. The Morgan fingerprint density at radius 2 is 1.76 bits per heavy atom. The zero-order valence-corrected chi connectivity index (χ0v) is 13.3. The normalized spacial score (nSPS) is 42.4. The number of hydrogen-bond acceptors (Lipinski definition) is 3. The summed E-state index contributed by atoms with van der Waals surface area (Å²) in [5.74, 6) is 3.33. The van der Waals surface area contributed by atoms with Crippen molar-refractivity contribution in [1.29, 1.82) is 0 Å². The second-order valence-corrected chi connectivity index (χ2v) is 7.91. The van der Waals surface area contributed by atoms with Gasteiger partial charge in [-0.15, -0.1) is 0 Å². The molecule has 1 aromatic rings. The van der Waals surface area contributed by atoms with E-state index in [1.54, 1.807) is 0 Å². The van der Waals surface area contributed by atoms with Gasteiger partial charge in [0.05, 0.1) is 0 Å². The molecule has 1 aliphatic carbocycles. The molecule has 4 bridgehead atoms. The summed E-state index contributed by atoms with van der Waals surface area (Å²) in [6, 6.07) is 0. The first-order valence-electron chi connectivity index (χ1n) is 8.45. The largest absolute Gasteiger partial charge is 0.470 e. The molecule has 4 aliphatic heterocycles. The molecule has 5 aliphatic rings. The highest BCUT2D eigenvalue weighted by atomic mass is 16.5. The van der Waals surface area contributed by atoms with Crippen LogP contribution < -0.4 is 4.74 Å². The maximum absolute atomic E-state index is 6.65. The molecule has 112 valence electrons. The Morgan fingerprint density at radius 1 is 1.05 bits per heavy atom. The molecule has 3 nitrogen and oxygen atoms in total. The lowest BCUT2D eigenvalue weighted by Gasteiger charge is -2.60. The molecule has 2 atom stereocenters. The van der Waals surface area contributed by atoms with Gasteiger partial charge in [0.2, 0.25) is 5.88 Å². The van der Waals surface area contributed by atoms with Crippen molar-refractivity contribution in [3.63, 3.8) is 0 Å². The van der Waals surface area contributed by atoms with Crippen molar-refractivity contribution < 1.29 is 4.74 Å². The smallest absolute Gasteiger partial charge is 0.217 e. The fourth-order valence-corrected chi connectivity index (χ4v) is 5.65. The van der Waals surface area contributed by atoms with Crippen LogP contribution in [0.4, 0.5) is 0 Å². The van der Waals surface area contributed by atoms with Crippen molar-refractivity contribution in [3.8, 4) is 5.88 Å². The van der Waals surface area contributed by atoms with E-state index in [4.69, 9.17) is 9.72 Å². The highest BCUT2D eigenvalue weighted by molar-refractivity contribution is 5.46. The molecule has 5 heterocycles. The van der Waals surface area contributed by atoms with E-state index in [1.165, 1.54) is 49.2 Å². The first-order chi connectivity index (χ1) is 10.1. The highest BCUT2D eigenvalue weighted by Gasteiger charge is 2.61. The van der Waals surface area contributed by atoms with Gasteiger partial charge in [-0.05, 0) is 50.7 Å². The predicted octanol–water partition coefficient (Wildman–Crippen LogP) is 2.65. The summed E-state index contributed by atoms with van der Waals surface area (Å²) < 4.78 is 6.65. The number of aryl methyl sites for hydroxylation is 1. The van der Waals surface area contributed by atoms with Crippen molar-refractivity contribution in [2.75, 3.05) is 19.6 Å². The van der Waals surface area contributed by atoms with E-state index in [2.05, 4.69) is 25.7 Å². The van der Waals surface area contributed by atoms with Gasteiger partial charge in [0.1, 0.15) is 5.60 Å². The van der Waals surface area contributed by atoms with E-state index < -0.39 is 0 Å². The van der Waals surface area contributed by atoms with Crippen molar-refractivity contribution in [3.05, 3.63) is 22.4 Å². The standard InChI is InChI=1S/C18H24N2O/c1-10-11(2)16-6-18(21-17(16)19-12(10)3)14-4-13-5-15(18)9-20(7-13)8-14/h13-15H,4-9H2,1-3H3. The maximum Gasteiger partial charge on any atom is 0.217 e. The van der Waals surface area contributed by atoms with Crippen LogP contribution in [-0.4, -0.2) is 35.1 Å². The van der Waals surface area contributed by atoms with Gasteiger partial charge in [-0.3, -0.25) is 0 Å². The van der Waals surface area contributed by atoms with Crippen LogP contribution in [0.5, 0.6) is 5.88 Å². The minimum absolute atomic E-state index is 0.0771. The second-order valence-electron chi connectivity index (χ2n) is 7.91. The van der Waals surface area contributed by atoms with E-state index in [1.807, 2.05) is 0 Å². The van der Waals surface area contributed by atoms with E-state index in [9.17, 15) is 0 Å². The van der Waals surface area contributed by atoms with Gasteiger partial charge in [-0.1, -0.05) is 0 Å². The van der Waals surface area contributed by atoms with E-state index in [-0.39, 0.29) is 5.60 Å². The zero-order chi connectivity index (χ0) is 14.4. The lowest BCUT2D eigenvalue weighted by atomic mass is 9.58. The molecule has 1 spiro atoms. The number of rotatable bonds is 0. The number of aromatic nitrogens is 1. The molecule has 4 fully saturated rings. The number of piperidine rings is 3. The molecule has 6 rings (SSSR count). The Balaban J connectivity index is 1.60. The van der Waals surface area contributed by atoms with Crippen LogP contribution in [-0.2, 0) is 6.42 Å². The van der Waals surface area contributed by atoms with Gasteiger partial charge in [0.15, 0.2) is 0 Å². The third-order valence-electron chi connectivity index (χ3n) is 6.92. The third kappa shape index (κ3) is 1.46. The minimum atomic E-state index is 0.0771. The molecule has 0 aromatic carbocycles. The van der Waals surface area contributed by atoms with Gasteiger partial charge in [0.25, 0.3) is 0 Å². The lowest BCUT2D eigenvalue weighted by Crippen LogP contribution is -2.68.